The van der Waals surface area contributed by atoms with Crippen LogP contribution in [0.2, 0.25) is 0 Å². The van der Waals surface area contributed by atoms with Crippen LogP contribution in [0.4, 0.5) is 0 Å². The number of nitrogens with zero attached hydrogens (tertiary/aromatic N) is 3. The van der Waals surface area contributed by atoms with Crippen molar-refractivity contribution < 1.29 is 17.9 Å². The highest BCUT2D eigenvalue weighted by Gasteiger charge is 2.32. The summed E-state index contributed by atoms with van der Waals surface area (Å²) < 4.78 is 38.0. The number of rotatable bonds is 4. The van der Waals surface area contributed by atoms with Gasteiger partial charge in [0.05, 0.1) is 11.0 Å². The summed E-state index contributed by atoms with van der Waals surface area (Å²) >= 11 is 0. The second-order valence-electron chi connectivity index (χ2n) is 6.90. The molecule has 4 rings (SSSR count). The maximum absolute atomic E-state index is 13.0. The molecule has 0 aliphatic carbocycles. The summed E-state index contributed by atoms with van der Waals surface area (Å²) in [5.74, 6) is 1.00. The van der Waals surface area contributed by atoms with Gasteiger partial charge in [-0.05, 0) is 24.6 Å². The summed E-state index contributed by atoms with van der Waals surface area (Å²) in [7, 11) is -3.62. The first kappa shape index (κ1) is 18.7. The summed E-state index contributed by atoms with van der Waals surface area (Å²) in [5.41, 5.74) is 2.07. The highest BCUT2D eigenvalue weighted by Crippen LogP contribution is 2.35. The Kier molecular flexibility index (Phi) is 4.98. The van der Waals surface area contributed by atoms with Gasteiger partial charge >= 0.3 is 0 Å². The molecule has 2 aromatic carbocycles. The van der Waals surface area contributed by atoms with E-state index in [1.165, 1.54) is 10.4 Å². The summed E-state index contributed by atoms with van der Waals surface area (Å²) in [4.78, 5) is 2.22. The fourth-order valence-corrected chi connectivity index (χ4v) is 4.94. The first-order chi connectivity index (χ1) is 13.5. The van der Waals surface area contributed by atoms with Crippen molar-refractivity contribution in [1.82, 2.24) is 9.21 Å². The lowest BCUT2D eigenvalue weighted by Gasteiger charge is -2.36. The molecule has 8 heteroatoms. The van der Waals surface area contributed by atoms with Crippen LogP contribution >= 0.6 is 0 Å². The fourth-order valence-electron chi connectivity index (χ4n) is 3.50. The largest absolute Gasteiger partial charge is 0.454 e. The maximum Gasteiger partial charge on any atom is 0.243 e. The summed E-state index contributed by atoms with van der Waals surface area (Å²) in [5, 5.41) is 9.65. The summed E-state index contributed by atoms with van der Waals surface area (Å²) in [6, 6.07) is 14.5. The van der Waals surface area contributed by atoms with Gasteiger partial charge in [-0.1, -0.05) is 29.8 Å². The van der Waals surface area contributed by atoms with Gasteiger partial charge in [0, 0.05) is 32.2 Å². The summed E-state index contributed by atoms with van der Waals surface area (Å²) in [6.45, 7) is 3.77. The Morgan fingerprint density at radius 3 is 2.36 bits per heavy atom. The Labute approximate surface area is 164 Å². The Morgan fingerprint density at radius 1 is 1.00 bits per heavy atom. The smallest absolute Gasteiger partial charge is 0.243 e. The van der Waals surface area contributed by atoms with Crippen LogP contribution in [0.1, 0.15) is 17.2 Å². The van der Waals surface area contributed by atoms with E-state index in [1.807, 2.05) is 36.1 Å². The van der Waals surface area contributed by atoms with Crippen molar-refractivity contribution in [3.63, 3.8) is 0 Å². The van der Waals surface area contributed by atoms with E-state index in [9.17, 15) is 13.7 Å². The Balaban J connectivity index is 1.47. The standard InChI is InChI=1S/C20H21N3O4S/c1-15-2-4-16(5-3-15)18(13-21)22-8-10-23(11-9-22)28(24,25)17-6-7-19-20(12-17)27-14-26-19/h2-7,12,18H,8-11,14H2,1H3. The van der Waals surface area contributed by atoms with E-state index in [1.54, 1.807) is 12.1 Å². The molecule has 1 atom stereocenters. The molecule has 0 bridgehead atoms. The van der Waals surface area contributed by atoms with Crippen LogP contribution in [0, 0.1) is 18.3 Å². The monoisotopic (exact) mass is 399 g/mol. The molecule has 2 aliphatic rings. The first-order valence-corrected chi connectivity index (χ1v) is 10.5. The summed E-state index contributed by atoms with van der Waals surface area (Å²) in [6.07, 6.45) is 0. The van der Waals surface area contributed by atoms with E-state index in [0.717, 1.165) is 11.1 Å². The highest BCUT2D eigenvalue weighted by atomic mass is 32.2. The maximum atomic E-state index is 13.0. The lowest BCUT2D eigenvalue weighted by Crippen LogP contribution is -2.49. The van der Waals surface area contributed by atoms with Crippen molar-refractivity contribution in [2.24, 2.45) is 0 Å². The third-order valence-corrected chi connectivity index (χ3v) is 7.03. The van der Waals surface area contributed by atoms with Gasteiger partial charge in [0.1, 0.15) is 6.04 Å². The van der Waals surface area contributed by atoms with Crippen molar-refractivity contribution in [3.05, 3.63) is 53.6 Å². The molecule has 1 fully saturated rings. The number of piperazine rings is 1. The first-order valence-electron chi connectivity index (χ1n) is 9.09. The number of nitriles is 1. The topological polar surface area (TPSA) is 82.9 Å². The number of ether oxygens (including phenoxy) is 2. The van der Waals surface area contributed by atoms with E-state index in [-0.39, 0.29) is 17.7 Å². The molecule has 0 aromatic heterocycles. The second kappa shape index (κ2) is 7.43. The zero-order chi connectivity index (χ0) is 19.7. The number of hydrogen-bond donors (Lipinski definition) is 0. The van der Waals surface area contributed by atoms with Gasteiger partial charge in [-0.3, -0.25) is 4.90 Å². The van der Waals surface area contributed by atoms with Gasteiger partial charge in [0.15, 0.2) is 11.5 Å². The molecular weight excluding hydrogens is 378 g/mol. The van der Waals surface area contributed by atoms with Crippen LogP contribution in [-0.4, -0.2) is 50.6 Å². The number of sulfonamides is 1. The Bertz CT molecular complexity index is 1010. The zero-order valence-electron chi connectivity index (χ0n) is 15.5. The molecule has 0 N–H and O–H groups in total. The minimum Gasteiger partial charge on any atom is -0.454 e. The Morgan fingerprint density at radius 2 is 1.68 bits per heavy atom. The molecule has 1 unspecified atom stereocenters. The molecule has 0 saturated carbocycles. The highest BCUT2D eigenvalue weighted by molar-refractivity contribution is 7.89. The number of hydrogen-bond acceptors (Lipinski definition) is 6. The number of benzene rings is 2. The van der Waals surface area contributed by atoms with E-state index < -0.39 is 10.0 Å². The third kappa shape index (κ3) is 3.44. The van der Waals surface area contributed by atoms with Gasteiger partial charge in [-0.15, -0.1) is 0 Å². The molecule has 146 valence electrons. The molecule has 0 amide bonds. The minimum absolute atomic E-state index is 0.103. The fraction of sp³-hybridized carbons (Fsp3) is 0.350. The van der Waals surface area contributed by atoms with E-state index >= 15 is 0 Å². The van der Waals surface area contributed by atoms with Gasteiger partial charge in [0.25, 0.3) is 0 Å². The molecule has 28 heavy (non-hydrogen) atoms. The minimum atomic E-state index is -3.62. The van der Waals surface area contributed by atoms with E-state index in [2.05, 4.69) is 6.07 Å². The van der Waals surface area contributed by atoms with Crippen LogP contribution in [0.3, 0.4) is 0 Å². The van der Waals surface area contributed by atoms with Gasteiger partial charge in [-0.25, -0.2) is 8.42 Å². The van der Waals surface area contributed by atoms with Crippen molar-refractivity contribution in [3.8, 4) is 17.6 Å². The third-order valence-electron chi connectivity index (χ3n) is 5.14. The lowest BCUT2D eigenvalue weighted by molar-refractivity contribution is 0.162. The molecular formula is C20H21N3O4S. The van der Waals surface area contributed by atoms with Crippen LogP contribution in [0.25, 0.3) is 0 Å². The molecule has 7 nitrogen and oxygen atoms in total. The molecule has 2 heterocycles. The Hall–Kier alpha value is -2.60. The molecule has 0 radical (unpaired) electrons. The zero-order valence-corrected chi connectivity index (χ0v) is 16.4. The number of fused-ring (bicyclic) bond motifs is 1. The predicted molar refractivity (Wildman–Crippen MR) is 102 cm³/mol. The molecule has 0 spiro atoms. The molecule has 2 aliphatic heterocycles. The van der Waals surface area contributed by atoms with Crippen LogP contribution < -0.4 is 9.47 Å². The second-order valence-corrected chi connectivity index (χ2v) is 8.84. The van der Waals surface area contributed by atoms with Crippen LogP contribution in [-0.2, 0) is 10.0 Å². The molecule has 1 saturated heterocycles. The van der Waals surface area contributed by atoms with Crippen LogP contribution in [0.15, 0.2) is 47.4 Å². The average molecular weight is 399 g/mol. The van der Waals surface area contributed by atoms with Crippen molar-refractivity contribution in [1.29, 1.82) is 5.26 Å². The van der Waals surface area contributed by atoms with Crippen LogP contribution in [0.5, 0.6) is 11.5 Å². The van der Waals surface area contributed by atoms with Crippen molar-refractivity contribution in [2.75, 3.05) is 33.0 Å². The number of aryl methyl sites for hydroxylation is 1. The van der Waals surface area contributed by atoms with Gasteiger partial charge in [-0.2, -0.15) is 9.57 Å². The molecule has 2 aromatic rings. The normalized spacial score (nSPS) is 18.6. The van der Waals surface area contributed by atoms with E-state index in [4.69, 9.17) is 9.47 Å². The van der Waals surface area contributed by atoms with E-state index in [0.29, 0.717) is 37.7 Å². The predicted octanol–water partition coefficient (Wildman–Crippen LogP) is 2.29. The SMILES string of the molecule is Cc1ccc(C(C#N)N2CCN(S(=O)(=O)c3ccc4c(c3)OCO4)CC2)cc1. The van der Waals surface area contributed by atoms with Gasteiger partial charge in [0.2, 0.25) is 16.8 Å². The van der Waals surface area contributed by atoms with Crippen molar-refractivity contribution >= 4 is 10.0 Å². The lowest BCUT2D eigenvalue weighted by atomic mass is 10.0. The van der Waals surface area contributed by atoms with Crippen molar-refractivity contribution in [2.45, 2.75) is 17.9 Å². The average Bonchev–Trinajstić information content (AvgIpc) is 3.18. The quantitative estimate of drug-likeness (QED) is 0.785. The van der Waals surface area contributed by atoms with Gasteiger partial charge < -0.3 is 9.47 Å².